The first-order chi connectivity index (χ1) is 5.57. The van der Waals surface area contributed by atoms with E-state index in [1.54, 1.807) is 18.9 Å². The van der Waals surface area contributed by atoms with Crippen molar-refractivity contribution in [2.45, 2.75) is 17.8 Å². The zero-order chi connectivity index (χ0) is 9.19. The van der Waals surface area contributed by atoms with Crippen LogP contribution in [-0.2, 0) is 9.53 Å². The molecule has 1 heterocycles. The van der Waals surface area contributed by atoms with E-state index in [9.17, 15) is 4.79 Å². The van der Waals surface area contributed by atoms with Crippen LogP contribution in [0.5, 0.6) is 0 Å². The molecule has 5 heteroatoms. The fraction of sp³-hybridized carbons (Fsp3) is 0.857. The van der Waals surface area contributed by atoms with Gasteiger partial charge in [0.15, 0.2) is 0 Å². The molecule has 12 heavy (non-hydrogen) atoms. The molecule has 1 rings (SSSR count). The third-order valence-electron chi connectivity index (χ3n) is 1.77. The lowest BCUT2D eigenvalue weighted by Gasteiger charge is -2.22. The molecular weight excluding hydrogens is 178 g/mol. The van der Waals surface area contributed by atoms with E-state index in [2.05, 4.69) is 5.32 Å². The summed E-state index contributed by atoms with van der Waals surface area (Å²) < 4.78 is 4.98. The predicted molar refractivity (Wildman–Crippen MR) is 47.3 cm³/mol. The Balaban J connectivity index is 2.48. The molecule has 1 aliphatic heterocycles. The van der Waals surface area contributed by atoms with Crippen LogP contribution in [0.15, 0.2) is 0 Å². The van der Waals surface area contributed by atoms with Gasteiger partial charge in [0.25, 0.3) is 0 Å². The first-order valence-corrected chi connectivity index (χ1v) is 4.69. The number of carbonyl (C=O) groups is 1. The van der Waals surface area contributed by atoms with Crippen molar-refractivity contribution in [3.8, 4) is 0 Å². The van der Waals surface area contributed by atoms with Gasteiger partial charge in [-0.3, -0.25) is 10.1 Å². The van der Waals surface area contributed by atoms with E-state index in [1.165, 1.54) is 0 Å². The SMILES string of the molecule is COCC1(C)N[C@H](C(=O)O)CS1. The third kappa shape index (κ3) is 2.12. The molecule has 0 radical (unpaired) electrons. The maximum Gasteiger partial charge on any atom is 0.321 e. The number of hydrogen-bond donors (Lipinski definition) is 2. The maximum absolute atomic E-state index is 10.6. The number of carboxylic acid groups (broad SMARTS) is 1. The van der Waals surface area contributed by atoms with E-state index in [0.717, 1.165) is 0 Å². The Labute approximate surface area is 75.7 Å². The largest absolute Gasteiger partial charge is 0.480 e. The highest BCUT2D eigenvalue weighted by Gasteiger charge is 2.38. The molecule has 0 bridgehead atoms. The molecule has 1 aliphatic rings. The summed E-state index contributed by atoms with van der Waals surface area (Å²) in [5.41, 5.74) is 0. The molecule has 2 atom stereocenters. The number of rotatable bonds is 3. The molecule has 0 aromatic carbocycles. The molecule has 0 aliphatic carbocycles. The molecular formula is C7H13NO3S. The summed E-state index contributed by atoms with van der Waals surface area (Å²) in [6, 6.07) is -0.435. The predicted octanol–water partition coefficient (Wildman–Crippen LogP) is 0.139. The van der Waals surface area contributed by atoms with Crippen LogP contribution < -0.4 is 5.32 Å². The van der Waals surface area contributed by atoms with E-state index in [4.69, 9.17) is 9.84 Å². The molecule has 0 amide bonds. The lowest BCUT2D eigenvalue weighted by molar-refractivity contribution is -0.138. The average Bonchev–Trinajstić information content (AvgIpc) is 2.33. The summed E-state index contributed by atoms with van der Waals surface area (Å²) in [5, 5.41) is 11.7. The molecule has 4 nitrogen and oxygen atoms in total. The van der Waals surface area contributed by atoms with Crippen LogP contribution in [0.2, 0.25) is 0 Å². The fourth-order valence-corrected chi connectivity index (χ4v) is 2.40. The summed E-state index contributed by atoms with van der Waals surface area (Å²) in [5.74, 6) is -0.183. The lowest BCUT2D eigenvalue weighted by atomic mass is 10.3. The van der Waals surface area contributed by atoms with Gasteiger partial charge in [0.05, 0.1) is 11.5 Å². The quantitative estimate of drug-likeness (QED) is 0.664. The average molecular weight is 191 g/mol. The second-order valence-electron chi connectivity index (χ2n) is 3.01. The zero-order valence-corrected chi connectivity index (χ0v) is 7.98. The smallest absolute Gasteiger partial charge is 0.321 e. The Bertz CT molecular complexity index is 187. The number of aliphatic carboxylic acids is 1. The van der Waals surface area contributed by atoms with Gasteiger partial charge in [-0.25, -0.2) is 0 Å². The van der Waals surface area contributed by atoms with Gasteiger partial charge in [-0.1, -0.05) is 0 Å². The summed E-state index contributed by atoms with van der Waals surface area (Å²) in [6.45, 7) is 2.48. The first-order valence-electron chi connectivity index (χ1n) is 3.71. The highest BCUT2D eigenvalue weighted by Crippen LogP contribution is 2.29. The number of ether oxygens (including phenoxy) is 1. The summed E-state index contributed by atoms with van der Waals surface area (Å²) >= 11 is 1.59. The number of hydrogen-bond acceptors (Lipinski definition) is 4. The first kappa shape index (κ1) is 9.83. The number of thioether (sulfide) groups is 1. The second-order valence-corrected chi connectivity index (χ2v) is 4.53. The van der Waals surface area contributed by atoms with Crippen LogP contribution in [0.25, 0.3) is 0 Å². The van der Waals surface area contributed by atoms with Gasteiger partial charge in [0, 0.05) is 12.9 Å². The van der Waals surface area contributed by atoms with Gasteiger partial charge in [-0.15, -0.1) is 11.8 Å². The van der Waals surface area contributed by atoms with E-state index in [-0.39, 0.29) is 4.87 Å². The Morgan fingerprint density at radius 3 is 3.00 bits per heavy atom. The number of carboxylic acids is 1. The van der Waals surface area contributed by atoms with Gasteiger partial charge < -0.3 is 9.84 Å². The van der Waals surface area contributed by atoms with Gasteiger partial charge in [-0.2, -0.15) is 0 Å². The number of nitrogens with one attached hydrogen (secondary N) is 1. The second kappa shape index (κ2) is 3.64. The summed E-state index contributed by atoms with van der Waals surface area (Å²) in [6.07, 6.45) is 0. The van der Waals surface area contributed by atoms with Crippen molar-refractivity contribution in [3.63, 3.8) is 0 Å². The molecule has 70 valence electrons. The topological polar surface area (TPSA) is 58.6 Å². The van der Waals surface area contributed by atoms with Crippen LogP contribution in [0.1, 0.15) is 6.92 Å². The van der Waals surface area contributed by atoms with Gasteiger partial charge in [-0.05, 0) is 6.92 Å². The molecule has 1 saturated heterocycles. The van der Waals surface area contributed by atoms with Crippen LogP contribution in [0.4, 0.5) is 0 Å². The highest BCUT2D eigenvalue weighted by atomic mass is 32.2. The minimum Gasteiger partial charge on any atom is -0.480 e. The Morgan fingerprint density at radius 1 is 1.92 bits per heavy atom. The van der Waals surface area contributed by atoms with E-state index >= 15 is 0 Å². The molecule has 1 fully saturated rings. The van der Waals surface area contributed by atoms with Crippen molar-refractivity contribution >= 4 is 17.7 Å². The van der Waals surface area contributed by atoms with E-state index in [1.807, 2.05) is 6.92 Å². The molecule has 1 unspecified atom stereocenters. The van der Waals surface area contributed by atoms with Crippen molar-refractivity contribution in [1.29, 1.82) is 0 Å². The fourth-order valence-electron chi connectivity index (χ4n) is 1.21. The third-order valence-corrected chi connectivity index (χ3v) is 3.14. The van der Waals surface area contributed by atoms with Gasteiger partial charge >= 0.3 is 5.97 Å². The van der Waals surface area contributed by atoms with E-state index < -0.39 is 12.0 Å². The Hall–Kier alpha value is -0.260. The molecule has 0 spiro atoms. The van der Waals surface area contributed by atoms with Gasteiger partial charge in [0.2, 0.25) is 0 Å². The zero-order valence-electron chi connectivity index (χ0n) is 7.16. The van der Waals surface area contributed by atoms with Crippen molar-refractivity contribution in [3.05, 3.63) is 0 Å². The summed E-state index contributed by atoms with van der Waals surface area (Å²) in [7, 11) is 1.61. The Kier molecular flexibility index (Phi) is 2.98. The van der Waals surface area contributed by atoms with Gasteiger partial charge in [0.1, 0.15) is 6.04 Å². The summed E-state index contributed by atoms with van der Waals surface area (Å²) in [4.78, 5) is 10.3. The lowest BCUT2D eigenvalue weighted by Crippen LogP contribution is -2.45. The van der Waals surface area contributed by atoms with Crippen molar-refractivity contribution in [1.82, 2.24) is 5.32 Å². The molecule has 2 N–H and O–H groups in total. The minimum atomic E-state index is -0.790. The molecule has 0 saturated carbocycles. The minimum absolute atomic E-state index is 0.238. The van der Waals surface area contributed by atoms with E-state index in [0.29, 0.717) is 12.4 Å². The molecule has 0 aromatic rings. The van der Waals surface area contributed by atoms with Crippen molar-refractivity contribution in [2.24, 2.45) is 0 Å². The highest BCUT2D eigenvalue weighted by molar-refractivity contribution is 8.00. The van der Waals surface area contributed by atoms with Crippen molar-refractivity contribution < 1.29 is 14.6 Å². The maximum atomic E-state index is 10.6. The van der Waals surface area contributed by atoms with Crippen molar-refractivity contribution in [2.75, 3.05) is 19.5 Å². The standard InChI is InChI=1S/C7H13NO3S/c1-7(4-11-2)8-5(3-12-7)6(9)10/h5,8H,3-4H2,1-2H3,(H,9,10)/t5-,7?/m0/s1. The van der Waals surface area contributed by atoms with Crippen LogP contribution in [0.3, 0.4) is 0 Å². The number of methoxy groups -OCH3 is 1. The molecule has 0 aromatic heterocycles. The Morgan fingerprint density at radius 2 is 2.58 bits per heavy atom. The van der Waals surface area contributed by atoms with Crippen LogP contribution >= 0.6 is 11.8 Å². The van der Waals surface area contributed by atoms with Crippen LogP contribution in [0, 0.1) is 0 Å². The monoisotopic (exact) mass is 191 g/mol. The van der Waals surface area contributed by atoms with Crippen LogP contribution in [-0.4, -0.2) is 41.5 Å². The normalized spacial score (nSPS) is 35.3.